The Kier molecular flexibility index (Phi) is 3.14. The van der Waals surface area contributed by atoms with Gasteiger partial charge in [0.2, 0.25) is 0 Å². The van der Waals surface area contributed by atoms with Crippen LogP contribution in [0.3, 0.4) is 0 Å². The molecule has 0 aliphatic carbocycles. The second-order valence-corrected chi connectivity index (χ2v) is 3.79. The summed E-state index contributed by atoms with van der Waals surface area (Å²) in [6.45, 7) is 1.21. The molecule has 0 bridgehead atoms. The molecule has 0 aromatic carbocycles. The molecule has 0 N–H and O–H groups in total. The lowest BCUT2D eigenvalue weighted by Crippen LogP contribution is -2.30. The summed E-state index contributed by atoms with van der Waals surface area (Å²) in [5, 5.41) is 0. The van der Waals surface area contributed by atoms with Crippen molar-refractivity contribution in [3.63, 3.8) is 0 Å². The molecule has 2 rings (SSSR count). The first-order valence-corrected chi connectivity index (χ1v) is 5.13. The van der Waals surface area contributed by atoms with Crippen LogP contribution in [0.1, 0.15) is 16.8 Å². The van der Waals surface area contributed by atoms with Crippen molar-refractivity contribution in [2.24, 2.45) is 0 Å². The van der Waals surface area contributed by atoms with Gasteiger partial charge in [-0.05, 0) is 12.5 Å². The fourth-order valence-corrected chi connectivity index (χ4v) is 1.82. The first-order valence-electron chi connectivity index (χ1n) is 5.13. The van der Waals surface area contributed by atoms with E-state index in [4.69, 9.17) is 4.74 Å². The minimum absolute atomic E-state index is 0.0884. The average Bonchev–Trinajstić information content (AvgIpc) is 2.76. The highest BCUT2D eigenvalue weighted by Crippen LogP contribution is 2.15. The molecule has 1 aliphatic rings. The topological polar surface area (TPSA) is 42.4 Å². The van der Waals surface area contributed by atoms with Crippen LogP contribution in [0.25, 0.3) is 0 Å². The summed E-state index contributed by atoms with van der Waals surface area (Å²) < 4.78 is 18.1. The first-order chi connectivity index (χ1) is 7.70. The van der Waals surface area contributed by atoms with Crippen LogP contribution < -0.4 is 0 Å². The van der Waals surface area contributed by atoms with E-state index < -0.39 is 5.82 Å². The molecule has 5 heteroatoms. The van der Waals surface area contributed by atoms with Crippen molar-refractivity contribution in [3.05, 3.63) is 29.8 Å². The lowest BCUT2D eigenvalue weighted by molar-refractivity contribution is 0.0723. The first kappa shape index (κ1) is 11.0. The summed E-state index contributed by atoms with van der Waals surface area (Å²) in [6.07, 6.45) is 3.38. The largest absolute Gasteiger partial charge is 0.380 e. The molecule has 2 heterocycles. The zero-order chi connectivity index (χ0) is 11.5. The highest BCUT2D eigenvalue weighted by Gasteiger charge is 2.26. The smallest absolute Gasteiger partial charge is 0.255 e. The quantitative estimate of drug-likeness (QED) is 0.755. The summed E-state index contributed by atoms with van der Waals surface area (Å²) in [7, 11) is 1.63. The molecular formula is C11H13FN2O2. The van der Waals surface area contributed by atoms with Crippen LogP contribution >= 0.6 is 0 Å². The summed E-state index contributed by atoms with van der Waals surface area (Å²) in [5.74, 6) is -0.681. The molecule has 86 valence electrons. The van der Waals surface area contributed by atoms with E-state index in [1.165, 1.54) is 12.3 Å². The van der Waals surface area contributed by atoms with Gasteiger partial charge in [0.05, 0.1) is 17.9 Å². The number of rotatable bonds is 2. The van der Waals surface area contributed by atoms with E-state index in [2.05, 4.69) is 4.98 Å². The Labute approximate surface area is 93.0 Å². The third-order valence-corrected chi connectivity index (χ3v) is 2.72. The molecule has 1 unspecified atom stereocenters. The van der Waals surface area contributed by atoms with Crippen LogP contribution in [0.4, 0.5) is 4.39 Å². The molecule has 1 aromatic rings. The third kappa shape index (κ3) is 2.19. The number of pyridine rings is 1. The summed E-state index contributed by atoms with van der Waals surface area (Å²) >= 11 is 0. The number of halogens is 1. The maximum absolute atomic E-state index is 12.9. The Morgan fingerprint density at radius 3 is 3.06 bits per heavy atom. The maximum Gasteiger partial charge on any atom is 0.255 e. The van der Waals surface area contributed by atoms with Crippen LogP contribution in [0.2, 0.25) is 0 Å². The number of carbonyl (C=O) groups excluding carboxylic acids is 1. The Hall–Kier alpha value is -1.49. The number of amides is 1. The van der Waals surface area contributed by atoms with E-state index in [0.29, 0.717) is 13.1 Å². The van der Waals surface area contributed by atoms with Gasteiger partial charge in [-0.15, -0.1) is 0 Å². The van der Waals surface area contributed by atoms with Crippen LogP contribution in [0.15, 0.2) is 18.5 Å². The van der Waals surface area contributed by atoms with Crippen LogP contribution in [-0.4, -0.2) is 42.1 Å². The number of carbonyl (C=O) groups is 1. The molecule has 1 amide bonds. The van der Waals surface area contributed by atoms with Gasteiger partial charge in [-0.25, -0.2) is 4.39 Å². The number of aromatic nitrogens is 1. The molecule has 1 atom stereocenters. The van der Waals surface area contributed by atoms with Crippen LogP contribution in [0.5, 0.6) is 0 Å². The third-order valence-electron chi connectivity index (χ3n) is 2.72. The van der Waals surface area contributed by atoms with Gasteiger partial charge < -0.3 is 9.64 Å². The van der Waals surface area contributed by atoms with Crippen molar-refractivity contribution in [2.75, 3.05) is 20.2 Å². The Morgan fingerprint density at radius 1 is 1.62 bits per heavy atom. The average molecular weight is 224 g/mol. The van der Waals surface area contributed by atoms with Crippen molar-refractivity contribution in [1.82, 2.24) is 9.88 Å². The van der Waals surface area contributed by atoms with E-state index in [0.717, 1.165) is 12.6 Å². The van der Waals surface area contributed by atoms with Crippen LogP contribution in [0, 0.1) is 5.82 Å². The highest BCUT2D eigenvalue weighted by molar-refractivity contribution is 5.94. The summed E-state index contributed by atoms with van der Waals surface area (Å²) in [4.78, 5) is 17.2. The van der Waals surface area contributed by atoms with Gasteiger partial charge >= 0.3 is 0 Å². The Balaban J connectivity index is 2.08. The number of ether oxygens (including phenoxy) is 1. The van der Waals surface area contributed by atoms with Gasteiger partial charge in [0.25, 0.3) is 5.91 Å². The molecule has 16 heavy (non-hydrogen) atoms. The van der Waals surface area contributed by atoms with Crippen molar-refractivity contribution in [2.45, 2.75) is 12.5 Å². The standard InChI is InChI=1S/C11H13FN2O2/c1-16-10-2-3-14(7-10)11(15)8-4-9(12)6-13-5-8/h4-6,10H,2-3,7H2,1H3. The number of hydrogen-bond donors (Lipinski definition) is 0. The summed E-state index contributed by atoms with van der Waals surface area (Å²) in [6, 6.07) is 1.20. The lowest BCUT2D eigenvalue weighted by Gasteiger charge is -2.15. The monoisotopic (exact) mass is 224 g/mol. The van der Waals surface area contributed by atoms with Gasteiger partial charge in [-0.1, -0.05) is 0 Å². The zero-order valence-electron chi connectivity index (χ0n) is 9.02. The van der Waals surface area contributed by atoms with Crippen molar-refractivity contribution in [1.29, 1.82) is 0 Å². The zero-order valence-corrected chi connectivity index (χ0v) is 9.02. The van der Waals surface area contributed by atoms with E-state index in [1.54, 1.807) is 12.0 Å². The molecular weight excluding hydrogens is 211 g/mol. The minimum Gasteiger partial charge on any atom is -0.380 e. The van der Waals surface area contributed by atoms with E-state index >= 15 is 0 Å². The van der Waals surface area contributed by atoms with Gasteiger partial charge in [0, 0.05) is 26.4 Å². The van der Waals surface area contributed by atoms with E-state index in [9.17, 15) is 9.18 Å². The number of hydrogen-bond acceptors (Lipinski definition) is 3. The Bertz CT molecular complexity index is 397. The van der Waals surface area contributed by atoms with Gasteiger partial charge in [-0.3, -0.25) is 9.78 Å². The van der Waals surface area contributed by atoms with Crippen molar-refractivity contribution >= 4 is 5.91 Å². The molecule has 1 aromatic heterocycles. The number of nitrogens with zero attached hydrogens (tertiary/aromatic N) is 2. The number of likely N-dealkylation sites (tertiary alicyclic amines) is 1. The van der Waals surface area contributed by atoms with E-state index in [1.807, 2.05) is 0 Å². The molecule has 1 fully saturated rings. The van der Waals surface area contributed by atoms with Gasteiger partial charge in [0.15, 0.2) is 0 Å². The van der Waals surface area contributed by atoms with Crippen molar-refractivity contribution < 1.29 is 13.9 Å². The molecule has 0 spiro atoms. The fraction of sp³-hybridized carbons (Fsp3) is 0.455. The molecule has 0 saturated carbocycles. The second-order valence-electron chi connectivity index (χ2n) is 3.79. The van der Waals surface area contributed by atoms with Crippen LogP contribution in [-0.2, 0) is 4.74 Å². The predicted octanol–water partition coefficient (Wildman–Crippen LogP) is 1.08. The fourth-order valence-electron chi connectivity index (χ4n) is 1.82. The lowest BCUT2D eigenvalue weighted by atomic mass is 10.2. The minimum atomic E-state index is -0.492. The SMILES string of the molecule is COC1CCN(C(=O)c2cncc(F)c2)C1. The molecule has 1 saturated heterocycles. The maximum atomic E-state index is 12.9. The normalized spacial score (nSPS) is 20.1. The number of methoxy groups -OCH3 is 1. The van der Waals surface area contributed by atoms with E-state index in [-0.39, 0.29) is 17.6 Å². The van der Waals surface area contributed by atoms with Gasteiger partial charge in [-0.2, -0.15) is 0 Å². The molecule has 1 aliphatic heterocycles. The van der Waals surface area contributed by atoms with Crippen molar-refractivity contribution in [3.8, 4) is 0 Å². The van der Waals surface area contributed by atoms with Gasteiger partial charge in [0.1, 0.15) is 5.82 Å². The molecule has 0 radical (unpaired) electrons. The second kappa shape index (κ2) is 4.57. The molecule has 4 nitrogen and oxygen atoms in total. The predicted molar refractivity (Wildman–Crippen MR) is 55.5 cm³/mol. The summed E-state index contributed by atoms with van der Waals surface area (Å²) in [5.41, 5.74) is 0.289. The highest BCUT2D eigenvalue weighted by atomic mass is 19.1. The Morgan fingerprint density at radius 2 is 2.44 bits per heavy atom.